The van der Waals surface area contributed by atoms with Crippen LogP contribution in [0, 0.1) is 13.8 Å². The Morgan fingerprint density at radius 2 is 1.54 bits per heavy atom. The molecular weight excluding hydrogens is 818 g/mol. The number of sulfonamides is 1. The van der Waals surface area contributed by atoms with Crippen LogP contribution >= 0.6 is 46.4 Å². The molecule has 0 atom stereocenters. The van der Waals surface area contributed by atoms with Gasteiger partial charge in [0.15, 0.2) is 10.8 Å². The van der Waals surface area contributed by atoms with E-state index in [0.29, 0.717) is 5.52 Å². The van der Waals surface area contributed by atoms with E-state index in [-0.39, 0.29) is 54.8 Å². The number of nitrogens with zero attached hydrogens (tertiary/aromatic N) is 5. The van der Waals surface area contributed by atoms with E-state index in [1.165, 1.54) is 32.2 Å². The molecule has 0 unspecified atom stereocenters. The van der Waals surface area contributed by atoms with Crippen LogP contribution in [0.3, 0.4) is 0 Å². The zero-order valence-corrected chi connectivity index (χ0v) is 31.9. The van der Waals surface area contributed by atoms with Crippen molar-refractivity contribution in [2.45, 2.75) is 18.7 Å². The Kier molecular flexibility index (Phi) is 14.6. The summed E-state index contributed by atoms with van der Waals surface area (Å²) in [6.45, 7) is 3.44. The normalized spacial score (nSPS) is 10.5. The fourth-order valence-corrected chi connectivity index (χ4v) is 5.98. The van der Waals surface area contributed by atoms with Crippen molar-refractivity contribution in [1.82, 2.24) is 29.6 Å². The minimum Gasteiger partial charge on any atom is -0.478 e. The number of fused-ring (bicyclic) bond motifs is 1. The monoisotopic (exact) mass is 842 g/mol. The van der Waals surface area contributed by atoms with Crippen LogP contribution in [0.5, 0.6) is 6.01 Å². The van der Waals surface area contributed by atoms with E-state index in [4.69, 9.17) is 67.1 Å². The first kappa shape index (κ1) is 42.8. The second-order valence-corrected chi connectivity index (χ2v) is 13.3. The lowest BCUT2D eigenvalue weighted by Crippen LogP contribution is -2.35. The third kappa shape index (κ3) is 10.7. The van der Waals surface area contributed by atoms with Crippen LogP contribution in [0.1, 0.15) is 42.6 Å². The molecule has 3 aromatic heterocycles. The predicted molar refractivity (Wildman–Crippen MR) is 197 cm³/mol. The highest BCUT2D eigenvalue weighted by molar-refractivity contribution is 7.90. The first-order chi connectivity index (χ1) is 25.3. The number of benzene rings is 2. The summed E-state index contributed by atoms with van der Waals surface area (Å²) in [7, 11) is -1.92. The molecule has 0 fully saturated rings. The summed E-state index contributed by atoms with van der Waals surface area (Å²) >= 11 is 22.4. The molecule has 23 heteroatoms. The second-order valence-electron chi connectivity index (χ2n) is 10.2. The van der Waals surface area contributed by atoms with Gasteiger partial charge in [-0.2, -0.15) is 15.0 Å². The van der Waals surface area contributed by atoms with Crippen molar-refractivity contribution in [3.05, 3.63) is 97.1 Å². The fourth-order valence-electron chi connectivity index (χ4n) is 4.05. The van der Waals surface area contributed by atoms with Gasteiger partial charge in [-0.3, -0.25) is 10.3 Å². The van der Waals surface area contributed by atoms with Gasteiger partial charge in [0.1, 0.15) is 21.3 Å². The first-order valence-corrected chi connectivity index (χ1v) is 17.4. The van der Waals surface area contributed by atoms with Crippen LogP contribution in [-0.4, -0.2) is 81.7 Å². The van der Waals surface area contributed by atoms with Gasteiger partial charge in [-0.15, -0.1) is 0 Å². The lowest BCUT2D eigenvalue weighted by atomic mass is 10.1. The third-order valence-electron chi connectivity index (χ3n) is 6.37. The molecular formula is C31H26Cl4N8O10S. The van der Waals surface area contributed by atoms with Crippen molar-refractivity contribution < 1.29 is 47.3 Å². The summed E-state index contributed by atoms with van der Waals surface area (Å²) in [5, 5.41) is 20.3. The Morgan fingerprint density at radius 1 is 0.870 bits per heavy atom. The highest BCUT2D eigenvalue weighted by Crippen LogP contribution is 2.34. The van der Waals surface area contributed by atoms with E-state index in [9.17, 15) is 27.6 Å². The van der Waals surface area contributed by atoms with Crippen LogP contribution < -0.4 is 20.5 Å². The minimum absolute atomic E-state index is 0.0448. The lowest BCUT2D eigenvalue weighted by molar-refractivity contribution is 0.0594. The van der Waals surface area contributed by atoms with Crippen molar-refractivity contribution >= 4 is 103 Å². The Bertz CT molecular complexity index is 2390. The van der Waals surface area contributed by atoms with Crippen LogP contribution in [0.25, 0.3) is 10.9 Å². The van der Waals surface area contributed by atoms with Gasteiger partial charge < -0.3 is 25.4 Å². The summed E-state index contributed by atoms with van der Waals surface area (Å²) in [6, 6.07) is 9.34. The average Bonchev–Trinajstić information content (AvgIpc) is 3.11. The molecule has 2 aromatic carbocycles. The minimum atomic E-state index is -4.36. The Hall–Kier alpha value is -5.60. The number of halogens is 4. The lowest BCUT2D eigenvalue weighted by Gasteiger charge is -2.11. The maximum absolute atomic E-state index is 12.4. The molecule has 5 aromatic rings. The van der Waals surface area contributed by atoms with Crippen LogP contribution in [0.15, 0.2) is 53.6 Å². The quantitative estimate of drug-likeness (QED) is 0.0970. The first-order valence-electron chi connectivity index (χ1n) is 14.4. The van der Waals surface area contributed by atoms with Crippen molar-refractivity contribution in [1.29, 1.82) is 0 Å². The fraction of sp³-hybridized carbons (Fsp3) is 0.129. The van der Waals surface area contributed by atoms with Crippen molar-refractivity contribution in [3.8, 4) is 6.01 Å². The number of anilines is 2. The highest BCUT2D eigenvalue weighted by atomic mass is 35.5. The van der Waals surface area contributed by atoms with Gasteiger partial charge in [-0.25, -0.2) is 37.3 Å². The number of nitrogens with two attached hydrogens (primary N) is 1. The standard InChI is InChI=1S/C14H15N5O6S.C11H8ClNO2.C6H3Cl3N2O2/c1-8-15-12(18-14(16-8)25-3)17-13(21)19-26(22,23)10-7-5-4-6-9(10)11(20)24-2;1-6-4-7-2-3-8(12)9(11(14)15)10(7)13-5-6;7-1-3(10)2(8)5(9)11-4(1)6(12)13/h4-7H,1-3H3,(H2,15,16,17,18,19,21);2-5H,1H3,(H,14,15);(H2,10,11)(H,12,13). The summed E-state index contributed by atoms with van der Waals surface area (Å²) in [5.74, 6) is -3.17. The number of aromatic nitrogens is 5. The molecule has 0 bridgehead atoms. The molecule has 2 amide bonds. The number of ether oxygens (including phenoxy) is 2. The number of carboxylic acid groups (broad SMARTS) is 2. The molecule has 0 saturated heterocycles. The maximum Gasteiger partial charge on any atom is 0.356 e. The zero-order chi connectivity index (χ0) is 40.5. The van der Waals surface area contributed by atoms with Gasteiger partial charge in [-0.05, 0) is 43.7 Å². The van der Waals surface area contributed by atoms with Gasteiger partial charge in [0.2, 0.25) is 5.95 Å². The number of amides is 2. The Labute approximate surface area is 325 Å². The number of carbonyl (C=O) groups excluding carboxylic acids is 2. The number of carboxylic acids is 2. The zero-order valence-electron chi connectivity index (χ0n) is 28.0. The molecule has 0 radical (unpaired) electrons. The molecule has 0 spiro atoms. The van der Waals surface area contributed by atoms with Crippen molar-refractivity contribution in [2.75, 3.05) is 25.3 Å². The molecule has 0 aliphatic rings. The molecule has 18 nitrogen and oxygen atoms in total. The SMILES string of the molecule is COC(=O)c1ccccc1S(=O)(=O)NC(=O)Nc1nc(C)nc(OC)n1.Cc1cnc2c(C(=O)O)c(Cl)ccc2c1.Nc1c(Cl)c(Cl)nc(C(=O)O)c1Cl. The number of hydrogen-bond donors (Lipinski definition) is 5. The van der Waals surface area contributed by atoms with Crippen molar-refractivity contribution in [3.63, 3.8) is 0 Å². The molecule has 54 heavy (non-hydrogen) atoms. The maximum atomic E-state index is 12.4. The summed E-state index contributed by atoms with van der Waals surface area (Å²) in [6.07, 6.45) is 1.63. The van der Waals surface area contributed by atoms with E-state index in [0.717, 1.165) is 24.1 Å². The molecule has 0 aliphatic heterocycles. The van der Waals surface area contributed by atoms with Crippen LogP contribution in [0.2, 0.25) is 20.2 Å². The number of esters is 1. The predicted octanol–water partition coefficient (Wildman–Crippen LogP) is 5.70. The second kappa shape index (κ2) is 18.4. The highest BCUT2D eigenvalue weighted by Gasteiger charge is 2.25. The van der Waals surface area contributed by atoms with Gasteiger partial charge in [0.05, 0.1) is 41.0 Å². The van der Waals surface area contributed by atoms with Gasteiger partial charge in [-0.1, -0.05) is 64.6 Å². The number of methoxy groups -OCH3 is 2. The van der Waals surface area contributed by atoms with E-state index in [1.54, 1.807) is 23.1 Å². The van der Waals surface area contributed by atoms with E-state index >= 15 is 0 Å². The molecule has 5 rings (SSSR count). The van der Waals surface area contributed by atoms with Crippen LogP contribution in [-0.2, 0) is 14.8 Å². The van der Waals surface area contributed by atoms with Gasteiger partial charge in [0, 0.05) is 11.6 Å². The number of carbonyl (C=O) groups is 4. The number of pyridine rings is 2. The van der Waals surface area contributed by atoms with E-state index in [2.05, 4.69) is 35.0 Å². The molecule has 6 N–H and O–H groups in total. The molecule has 284 valence electrons. The van der Waals surface area contributed by atoms with E-state index < -0.39 is 44.6 Å². The van der Waals surface area contributed by atoms with Gasteiger partial charge >= 0.3 is 29.9 Å². The van der Waals surface area contributed by atoms with E-state index in [1.807, 2.05) is 13.0 Å². The summed E-state index contributed by atoms with van der Waals surface area (Å²) in [4.78, 5) is 63.8. The number of hydrogen-bond acceptors (Lipinski definition) is 14. The van der Waals surface area contributed by atoms with Crippen molar-refractivity contribution in [2.24, 2.45) is 0 Å². The van der Waals surface area contributed by atoms with Crippen LogP contribution in [0.4, 0.5) is 16.4 Å². The topological polar surface area (TPSA) is 276 Å². The number of rotatable bonds is 7. The number of nitrogen functional groups attached to an aromatic ring is 1. The number of nitrogens with one attached hydrogen (secondary N) is 2. The average molecular weight is 844 g/mol. The Balaban J connectivity index is 0.000000237. The molecule has 0 saturated carbocycles. The summed E-state index contributed by atoms with van der Waals surface area (Å²) < 4.78 is 36.0. The smallest absolute Gasteiger partial charge is 0.356 e. The number of urea groups is 1. The molecule has 0 aliphatic carbocycles. The third-order valence-corrected chi connectivity index (χ3v) is 9.21. The Morgan fingerprint density at radius 3 is 2.15 bits per heavy atom. The molecule has 3 heterocycles. The number of aryl methyl sites for hydroxylation is 2. The summed E-state index contributed by atoms with van der Waals surface area (Å²) in [5.41, 5.74) is 6.15. The number of aromatic carboxylic acids is 2. The van der Waals surface area contributed by atoms with Gasteiger partial charge in [0.25, 0.3) is 10.0 Å². The largest absolute Gasteiger partial charge is 0.478 e.